The Morgan fingerprint density at radius 3 is 3.00 bits per heavy atom. The topological polar surface area (TPSA) is 56.0 Å². The van der Waals surface area contributed by atoms with E-state index in [2.05, 4.69) is 47.4 Å². The van der Waals surface area contributed by atoms with E-state index < -0.39 is 0 Å². The summed E-state index contributed by atoms with van der Waals surface area (Å²) in [5.74, 6) is 0.641. The van der Waals surface area contributed by atoms with Gasteiger partial charge < -0.3 is 19.7 Å². The summed E-state index contributed by atoms with van der Waals surface area (Å²) in [5.41, 5.74) is 5.51. The van der Waals surface area contributed by atoms with E-state index in [1.807, 2.05) is 12.1 Å². The molecule has 1 aliphatic heterocycles. The minimum absolute atomic E-state index is 0.509. The summed E-state index contributed by atoms with van der Waals surface area (Å²) < 4.78 is 5.32. The van der Waals surface area contributed by atoms with Gasteiger partial charge in [0.05, 0.1) is 12.0 Å². The second kappa shape index (κ2) is 6.13. The van der Waals surface area contributed by atoms with Gasteiger partial charge in [-0.1, -0.05) is 12.1 Å². The number of nitrogens with one attached hydrogen (secondary N) is 2. The zero-order chi connectivity index (χ0) is 16.5. The lowest BCUT2D eigenvalue weighted by Gasteiger charge is -2.21. The first-order valence-electron chi connectivity index (χ1n) is 8.30. The number of rotatable bonds is 4. The molecule has 1 aromatic carbocycles. The highest BCUT2D eigenvalue weighted by atomic mass is 16.3. The van der Waals surface area contributed by atoms with Gasteiger partial charge >= 0.3 is 0 Å². The Labute approximate surface area is 141 Å². The lowest BCUT2D eigenvalue weighted by atomic mass is 9.97. The van der Waals surface area contributed by atoms with Crippen molar-refractivity contribution in [3.05, 3.63) is 65.8 Å². The molecule has 4 heteroatoms. The van der Waals surface area contributed by atoms with Gasteiger partial charge in [-0.3, -0.25) is 0 Å². The summed E-state index contributed by atoms with van der Waals surface area (Å²) in [7, 11) is 2.15. The lowest BCUT2D eigenvalue weighted by Crippen LogP contribution is -2.23. The summed E-state index contributed by atoms with van der Waals surface area (Å²) in [4.78, 5) is 5.71. The van der Waals surface area contributed by atoms with Crippen molar-refractivity contribution in [2.24, 2.45) is 0 Å². The maximum Gasteiger partial charge on any atom is 0.147 e. The summed E-state index contributed by atoms with van der Waals surface area (Å²) in [6.07, 6.45) is 7.71. The Morgan fingerprint density at radius 1 is 1.33 bits per heavy atom. The molecule has 0 atom stereocenters. The highest BCUT2D eigenvalue weighted by Gasteiger charge is 2.14. The maximum absolute atomic E-state index is 8.21. The van der Waals surface area contributed by atoms with Crippen LogP contribution in [0.3, 0.4) is 0 Å². The fraction of sp³-hybridized carbons (Fsp3) is 0.250. The molecule has 0 saturated carbocycles. The fourth-order valence-corrected chi connectivity index (χ4v) is 3.30. The zero-order valence-electron chi connectivity index (χ0n) is 13.8. The predicted octanol–water partition coefficient (Wildman–Crippen LogP) is 4.09. The molecule has 2 aromatic heterocycles. The van der Waals surface area contributed by atoms with Crippen LogP contribution in [0.15, 0.2) is 53.3 Å². The van der Waals surface area contributed by atoms with Crippen molar-refractivity contribution < 1.29 is 4.42 Å². The van der Waals surface area contributed by atoms with Crippen LogP contribution in [0.2, 0.25) is 0 Å². The lowest BCUT2D eigenvalue weighted by molar-refractivity contribution is 0.370. The molecular weight excluding hydrogens is 298 g/mol. The van der Waals surface area contributed by atoms with Crippen molar-refractivity contribution in [2.45, 2.75) is 12.8 Å². The third-order valence-electron chi connectivity index (χ3n) is 4.70. The predicted molar refractivity (Wildman–Crippen MR) is 97.6 cm³/mol. The number of aromatic nitrogens is 1. The third kappa shape index (κ3) is 2.81. The Morgan fingerprint density at radius 2 is 2.25 bits per heavy atom. The first kappa shape index (κ1) is 15.0. The maximum atomic E-state index is 8.21. The van der Waals surface area contributed by atoms with Crippen LogP contribution in [0.5, 0.6) is 0 Å². The van der Waals surface area contributed by atoms with Crippen LogP contribution in [-0.2, 0) is 6.42 Å². The molecule has 0 saturated heterocycles. The Kier molecular flexibility index (Phi) is 3.82. The van der Waals surface area contributed by atoms with Crippen molar-refractivity contribution in [2.75, 3.05) is 20.1 Å². The first-order valence-corrected chi connectivity index (χ1v) is 8.30. The van der Waals surface area contributed by atoms with Crippen molar-refractivity contribution in [3.63, 3.8) is 0 Å². The Bertz CT molecular complexity index is 902. The molecular formula is C20H21N3O. The number of hydrogen-bond acceptors (Lipinski definition) is 3. The molecule has 0 amide bonds. The number of furan rings is 1. The Hall–Kier alpha value is -2.59. The molecule has 0 radical (unpaired) electrons. The van der Waals surface area contributed by atoms with E-state index >= 15 is 0 Å². The van der Waals surface area contributed by atoms with Gasteiger partial charge in [-0.25, -0.2) is 0 Å². The summed E-state index contributed by atoms with van der Waals surface area (Å²) in [6.45, 7) is 2.10. The van der Waals surface area contributed by atoms with E-state index in [9.17, 15) is 0 Å². The second-order valence-corrected chi connectivity index (χ2v) is 6.46. The molecule has 24 heavy (non-hydrogen) atoms. The zero-order valence-corrected chi connectivity index (χ0v) is 13.8. The average Bonchev–Trinajstić information content (AvgIpc) is 3.25. The van der Waals surface area contributed by atoms with Gasteiger partial charge in [-0.2, -0.15) is 0 Å². The van der Waals surface area contributed by atoms with Gasteiger partial charge in [-0.15, -0.1) is 0 Å². The van der Waals surface area contributed by atoms with E-state index in [-0.39, 0.29) is 0 Å². The molecule has 1 aliphatic rings. The van der Waals surface area contributed by atoms with Crippen LogP contribution < -0.4 is 0 Å². The summed E-state index contributed by atoms with van der Waals surface area (Å²) >= 11 is 0. The van der Waals surface area contributed by atoms with Gasteiger partial charge in [-0.05, 0) is 48.9 Å². The molecule has 122 valence electrons. The minimum Gasteiger partial charge on any atom is -0.463 e. The summed E-state index contributed by atoms with van der Waals surface area (Å²) in [5, 5.41) is 9.45. The molecule has 4 nitrogen and oxygen atoms in total. The highest BCUT2D eigenvalue weighted by Crippen LogP contribution is 2.30. The van der Waals surface area contributed by atoms with Gasteiger partial charge in [0, 0.05) is 42.2 Å². The van der Waals surface area contributed by atoms with Crippen molar-refractivity contribution in [1.29, 1.82) is 5.41 Å². The van der Waals surface area contributed by atoms with Crippen LogP contribution in [-0.4, -0.2) is 35.7 Å². The molecule has 0 unspecified atom stereocenters. The smallest absolute Gasteiger partial charge is 0.147 e. The molecule has 0 spiro atoms. The van der Waals surface area contributed by atoms with E-state index in [0.29, 0.717) is 17.9 Å². The van der Waals surface area contributed by atoms with Crippen LogP contribution in [0, 0.1) is 5.41 Å². The Balaban J connectivity index is 1.65. The van der Waals surface area contributed by atoms with Crippen molar-refractivity contribution in [3.8, 4) is 0 Å². The van der Waals surface area contributed by atoms with Gasteiger partial charge in [0.1, 0.15) is 5.76 Å². The number of fused-ring (bicyclic) bond motifs is 1. The van der Waals surface area contributed by atoms with E-state index in [1.54, 1.807) is 6.26 Å². The average molecular weight is 319 g/mol. The molecule has 0 fully saturated rings. The quantitative estimate of drug-likeness (QED) is 0.712. The monoisotopic (exact) mass is 319 g/mol. The molecule has 0 bridgehead atoms. The van der Waals surface area contributed by atoms with Gasteiger partial charge in [0.25, 0.3) is 0 Å². The van der Waals surface area contributed by atoms with Crippen LogP contribution in [0.1, 0.15) is 23.3 Å². The van der Waals surface area contributed by atoms with Crippen LogP contribution in [0.25, 0.3) is 16.5 Å². The number of nitrogens with zero attached hydrogens (tertiary/aromatic N) is 1. The molecule has 2 N–H and O–H groups in total. The SMILES string of the molecule is CN1CC=C(c2c[nH]c3ccc(CC(=N)c4ccco4)cc23)CC1. The number of likely N-dealkylation sites (N-methyl/N-ethyl adjacent to an activating group) is 1. The van der Waals surface area contributed by atoms with Crippen LogP contribution in [0.4, 0.5) is 0 Å². The van der Waals surface area contributed by atoms with Crippen molar-refractivity contribution in [1.82, 2.24) is 9.88 Å². The number of H-pyrrole nitrogens is 1. The standard InChI is InChI=1S/C20H21N3O/c1-23-8-6-15(7-9-23)17-13-22-19-5-4-14(11-16(17)19)12-18(21)20-3-2-10-24-20/h2-6,10-11,13,21-22H,7-9,12H2,1H3. The number of benzene rings is 1. The first-order chi connectivity index (χ1) is 11.7. The minimum atomic E-state index is 0.509. The van der Waals surface area contributed by atoms with E-state index in [4.69, 9.17) is 9.83 Å². The molecule has 4 rings (SSSR count). The summed E-state index contributed by atoms with van der Waals surface area (Å²) in [6, 6.07) is 10.1. The van der Waals surface area contributed by atoms with Gasteiger partial charge in [0.2, 0.25) is 0 Å². The molecule has 0 aliphatic carbocycles. The number of aromatic amines is 1. The fourth-order valence-electron chi connectivity index (χ4n) is 3.30. The van der Waals surface area contributed by atoms with Crippen LogP contribution >= 0.6 is 0 Å². The van der Waals surface area contributed by atoms with Gasteiger partial charge in [0.15, 0.2) is 0 Å². The second-order valence-electron chi connectivity index (χ2n) is 6.46. The largest absolute Gasteiger partial charge is 0.463 e. The molecule has 3 aromatic rings. The van der Waals surface area contributed by atoms with E-state index in [0.717, 1.165) is 30.6 Å². The molecule has 3 heterocycles. The third-order valence-corrected chi connectivity index (χ3v) is 4.70. The normalized spacial score (nSPS) is 15.6. The van der Waals surface area contributed by atoms with Crippen molar-refractivity contribution >= 4 is 22.2 Å². The van der Waals surface area contributed by atoms with E-state index in [1.165, 1.54) is 16.5 Å². The highest BCUT2D eigenvalue weighted by molar-refractivity contribution is 5.98. The number of hydrogen-bond donors (Lipinski definition) is 2.